The van der Waals surface area contributed by atoms with E-state index in [0.717, 1.165) is 5.56 Å². The SMILES string of the molecule is CC(CNC(=O)C(C#N)Cc1ccccc1)S(C)=O. The molecule has 19 heavy (non-hydrogen) atoms. The first-order valence-corrected chi connectivity index (χ1v) is 7.70. The van der Waals surface area contributed by atoms with Crippen molar-refractivity contribution in [2.45, 2.75) is 18.6 Å². The van der Waals surface area contributed by atoms with E-state index in [1.165, 1.54) is 0 Å². The number of hydrogen-bond donors (Lipinski definition) is 1. The quantitative estimate of drug-likeness (QED) is 0.851. The van der Waals surface area contributed by atoms with Gasteiger partial charge < -0.3 is 5.32 Å². The Morgan fingerprint density at radius 1 is 1.42 bits per heavy atom. The van der Waals surface area contributed by atoms with Gasteiger partial charge in [-0.3, -0.25) is 9.00 Å². The Kier molecular flexibility index (Phi) is 6.23. The summed E-state index contributed by atoms with van der Waals surface area (Å²) in [5, 5.41) is 11.6. The van der Waals surface area contributed by atoms with Crippen LogP contribution in [0.2, 0.25) is 0 Å². The molecule has 3 unspecified atom stereocenters. The van der Waals surface area contributed by atoms with Crippen LogP contribution < -0.4 is 5.32 Å². The Balaban J connectivity index is 2.54. The molecule has 0 aliphatic carbocycles. The normalized spacial score (nSPS) is 15.0. The molecule has 4 nitrogen and oxygen atoms in total. The van der Waals surface area contributed by atoms with Crippen LogP contribution in [0.4, 0.5) is 0 Å². The zero-order chi connectivity index (χ0) is 14.3. The van der Waals surface area contributed by atoms with Crippen LogP contribution in [0.25, 0.3) is 0 Å². The van der Waals surface area contributed by atoms with E-state index in [9.17, 15) is 9.00 Å². The largest absolute Gasteiger partial charge is 0.354 e. The summed E-state index contributed by atoms with van der Waals surface area (Å²) in [6.45, 7) is 2.13. The summed E-state index contributed by atoms with van der Waals surface area (Å²) in [4.78, 5) is 11.9. The van der Waals surface area contributed by atoms with Crippen molar-refractivity contribution in [2.75, 3.05) is 12.8 Å². The Labute approximate surface area is 116 Å². The fourth-order valence-corrected chi connectivity index (χ4v) is 1.85. The number of benzene rings is 1. The molecule has 0 fully saturated rings. The number of nitriles is 1. The smallest absolute Gasteiger partial charge is 0.237 e. The van der Waals surface area contributed by atoms with Crippen LogP contribution in [0.15, 0.2) is 30.3 Å². The average Bonchev–Trinajstić information content (AvgIpc) is 2.42. The van der Waals surface area contributed by atoms with Crippen LogP contribution in [-0.4, -0.2) is 28.2 Å². The Bertz CT molecular complexity index is 482. The summed E-state index contributed by atoms with van der Waals surface area (Å²) in [5.41, 5.74) is 0.955. The maximum absolute atomic E-state index is 11.9. The summed E-state index contributed by atoms with van der Waals surface area (Å²) in [6.07, 6.45) is 2.00. The topological polar surface area (TPSA) is 70.0 Å². The molecule has 3 atom stereocenters. The van der Waals surface area contributed by atoms with Crippen LogP contribution in [0.1, 0.15) is 12.5 Å². The van der Waals surface area contributed by atoms with Gasteiger partial charge in [0, 0.05) is 28.9 Å². The van der Waals surface area contributed by atoms with Crippen molar-refractivity contribution < 1.29 is 9.00 Å². The molecule has 0 saturated heterocycles. The van der Waals surface area contributed by atoms with Crippen molar-refractivity contribution >= 4 is 16.7 Å². The van der Waals surface area contributed by atoms with E-state index in [4.69, 9.17) is 5.26 Å². The van der Waals surface area contributed by atoms with Gasteiger partial charge >= 0.3 is 0 Å². The second-order valence-corrected chi connectivity index (χ2v) is 6.23. The van der Waals surface area contributed by atoms with E-state index in [1.807, 2.05) is 36.4 Å². The van der Waals surface area contributed by atoms with E-state index in [0.29, 0.717) is 13.0 Å². The molecule has 0 aromatic heterocycles. The van der Waals surface area contributed by atoms with Crippen LogP contribution >= 0.6 is 0 Å². The molecule has 0 radical (unpaired) electrons. The van der Waals surface area contributed by atoms with Crippen LogP contribution in [0.3, 0.4) is 0 Å². The van der Waals surface area contributed by atoms with Gasteiger partial charge in [0.2, 0.25) is 5.91 Å². The van der Waals surface area contributed by atoms with Crippen molar-refractivity contribution in [3.05, 3.63) is 35.9 Å². The van der Waals surface area contributed by atoms with Crippen LogP contribution in [0, 0.1) is 17.2 Å². The highest BCUT2D eigenvalue weighted by Gasteiger charge is 2.19. The van der Waals surface area contributed by atoms with Gasteiger partial charge in [-0.1, -0.05) is 30.3 Å². The van der Waals surface area contributed by atoms with Crippen molar-refractivity contribution in [3.63, 3.8) is 0 Å². The number of carbonyl (C=O) groups excluding carboxylic acids is 1. The molecule has 0 heterocycles. The van der Waals surface area contributed by atoms with E-state index in [-0.39, 0.29) is 11.2 Å². The minimum absolute atomic E-state index is 0.111. The van der Waals surface area contributed by atoms with Gasteiger partial charge in [0.1, 0.15) is 5.92 Å². The first kappa shape index (κ1) is 15.4. The van der Waals surface area contributed by atoms with Gasteiger partial charge in [-0.05, 0) is 18.9 Å². The van der Waals surface area contributed by atoms with Gasteiger partial charge in [0.05, 0.1) is 6.07 Å². The zero-order valence-corrected chi connectivity index (χ0v) is 11.9. The van der Waals surface area contributed by atoms with E-state index in [2.05, 4.69) is 5.32 Å². The standard InChI is InChI=1S/C14H18N2O2S/c1-11(19(2)18)10-16-14(17)13(9-15)8-12-6-4-3-5-7-12/h3-7,11,13H,8,10H2,1-2H3,(H,16,17). The fraction of sp³-hybridized carbons (Fsp3) is 0.429. The second kappa shape index (κ2) is 7.70. The van der Waals surface area contributed by atoms with Crippen molar-refractivity contribution in [3.8, 4) is 6.07 Å². The fourth-order valence-electron chi connectivity index (χ4n) is 1.53. The lowest BCUT2D eigenvalue weighted by atomic mass is 10.00. The predicted molar refractivity (Wildman–Crippen MR) is 75.8 cm³/mol. The Morgan fingerprint density at radius 3 is 2.58 bits per heavy atom. The van der Waals surface area contributed by atoms with Crippen molar-refractivity contribution in [2.24, 2.45) is 5.92 Å². The minimum atomic E-state index is -0.977. The van der Waals surface area contributed by atoms with Gasteiger partial charge in [-0.25, -0.2) is 0 Å². The molecule has 0 aliphatic heterocycles. The molecule has 1 amide bonds. The summed E-state index contributed by atoms with van der Waals surface area (Å²) < 4.78 is 11.2. The third-order valence-corrected chi connectivity index (χ3v) is 4.19. The number of nitrogens with one attached hydrogen (secondary N) is 1. The molecule has 1 rings (SSSR count). The van der Waals surface area contributed by atoms with Crippen molar-refractivity contribution in [1.82, 2.24) is 5.32 Å². The maximum atomic E-state index is 11.9. The van der Waals surface area contributed by atoms with Crippen molar-refractivity contribution in [1.29, 1.82) is 5.26 Å². The highest BCUT2D eigenvalue weighted by Crippen LogP contribution is 2.08. The first-order chi connectivity index (χ1) is 9.04. The summed E-state index contributed by atoms with van der Waals surface area (Å²) in [7, 11) is -0.977. The monoisotopic (exact) mass is 278 g/mol. The number of nitrogens with zero attached hydrogens (tertiary/aromatic N) is 1. The summed E-state index contributed by atoms with van der Waals surface area (Å²) in [6, 6.07) is 11.4. The van der Waals surface area contributed by atoms with Gasteiger partial charge in [0.15, 0.2) is 0 Å². The molecular weight excluding hydrogens is 260 g/mol. The molecule has 0 aliphatic rings. The first-order valence-electron chi connectivity index (χ1n) is 6.08. The van der Waals surface area contributed by atoms with Gasteiger partial charge in [-0.2, -0.15) is 5.26 Å². The van der Waals surface area contributed by atoms with Crippen LogP contribution in [-0.2, 0) is 22.0 Å². The average molecular weight is 278 g/mol. The van der Waals surface area contributed by atoms with Gasteiger partial charge in [0.25, 0.3) is 0 Å². The van der Waals surface area contributed by atoms with Crippen LogP contribution in [0.5, 0.6) is 0 Å². The molecule has 5 heteroatoms. The zero-order valence-electron chi connectivity index (χ0n) is 11.1. The third-order valence-electron chi connectivity index (χ3n) is 2.89. The molecule has 0 spiro atoms. The number of amides is 1. The molecular formula is C14H18N2O2S. The summed E-state index contributed by atoms with van der Waals surface area (Å²) in [5.74, 6) is -1.01. The predicted octanol–water partition coefficient (Wildman–Crippen LogP) is 1.25. The molecule has 1 N–H and O–H groups in total. The molecule has 102 valence electrons. The number of hydrogen-bond acceptors (Lipinski definition) is 3. The molecule has 0 bridgehead atoms. The lowest BCUT2D eigenvalue weighted by Crippen LogP contribution is -2.37. The molecule has 1 aromatic carbocycles. The Hall–Kier alpha value is -1.67. The van der Waals surface area contributed by atoms with Gasteiger partial charge in [-0.15, -0.1) is 0 Å². The molecule has 1 aromatic rings. The highest BCUT2D eigenvalue weighted by molar-refractivity contribution is 7.84. The second-order valence-electron chi connectivity index (χ2n) is 4.43. The Morgan fingerprint density at radius 2 is 2.05 bits per heavy atom. The van der Waals surface area contributed by atoms with E-state index < -0.39 is 16.7 Å². The molecule has 0 saturated carbocycles. The summed E-state index contributed by atoms with van der Waals surface area (Å²) >= 11 is 0. The van der Waals surface area contributed by atoms with E-state index in [1.54, 1.807) is 13.2 Å². The highest BCUT2D eigenvalue weighted by atomic mass is 32.2. The lowest BCUT2D eigenvalue weighted by molar-refractivity contribution is -0.123. The number of rotatable bonds is 6. The third kappa shape index (κ3) is 5.23. The maximum Gasteiger partial charge on any atom is 0.237 e. The van der Waals surface area contributed by atoms with E-state index >= 15 is 0 Å². The minimum Gasteiger partial charge on any atom is -0.354 e. The lowest BCUT2D eigenvalue weighted by Gasteiger charge is -2.13. The number of carbonyl (C=O) groups is 1.